The van der Waals surface area contributed by atoms with Gasteiger partial charge in [0.2, 0.25) is 5.91 Å². The normalized spacial score (nSPS) is 14.6. The maximum absolute atomic E-state index is 12.1. The van der Waals surface area contributed by atoms with Gasteiger partial charge < -0.3 is 10.1 Å². The van der Waals surface area contributed by atoms with Crippen LogP contribution in [0.3, 0.4) is 0 Å². The highest BCUT2D eigenvalue weighted by Gasteiger charge is 2.21. The second-order valence-corrected chi connectivity index (χ2v) is 6.93. The Hall–Kier alpha value is -2.26. The van der Waals surface area contributed by atoms with Gasteiger partial charge in [0.15, 0.2) is 0 Å². The number of carbonyl (C=O) groups is 1. The minimum Gasteiger partial charge on any atom is -0.483 e. The van der Waals surface area contributed by atoms with Crippen LogP contribution < -0.4 is 10.1 Å². The summed E-state index contributed by atoms with van der Waals surface area (Å²) in [7, 11) is 0. The second-order valence-electron chi connectivity index (χ2n) is 6.49. The molecule has 0 saturated heterocycles. The molecule has 124 valence electrons. The number of benzene rings is 2. The number of nitrogens with one attached hydrogen (secondary N) is 1. The molecular weight excluding hydrogens is 322 g/mol. The molecule has 0 aliphatic carbocycles. The van der Waals surface area contributed by atoms with E-state index in [1.165, 1.54) is 0 Å². The van der Waals surface area contributed by atoms with Crippen molar-refractivity contribution in [1.29, 1.82) is 0 Å². The van der Waals surface area contributed by atoms with E-state index in [0.717, 1.165) is 22.4 Å². The Morgan fingerprint density at radius 3 is 2.58 bits per heavy atom. The molecule has 1 aliphatic rings. The van der Waals surface area contributed by atoms with Gasteiger partial charge in [-0.05, 0) is 55.3 Å². The third kappa shape index (κ3) is 4.18. The zero-order valence-corrected chi connectivity index (χ0v) is 14.6. The SMILES string of the molecule is CC1(C)C=Cc2cc(CC(=O)NCc3ccc(Cl)cc3)ccc2O1. The first-order valence-corrected chi connectivity index (χ1v) is 8.31. The summed E-state index contributed by atoms with van der Waals surface area (Å²) in [5, 5.41) is 3.62. The van der Waals surface area contributed by atoms with E-state index < -0.39 is 0 Å². The minimum absolute atomic E-state index is 0.00839. The first-order valence-electron chi connectivity index (χ1n) is 7.94. The third-order valence-corrected chi connectivity index (χ3v) is 4.13. The van der Waals surface area contributed by atoms with E-state index in [2.05, 4.69) is 5.32 Å². The molecule has 2 aromatic carbocycles. The van der Waals surface area contributed by atoms with Gasteiger partial charge in [0.25, 0.3) is 0 Å². The molecule has 24 heavy (non-hydrogen) atoms. The standard InChI is InChI=1S/C20H20ClNO2/c1-20(2)10-9-16-11-15(5-8-18(16)24-20)12-19(23)22-13-14-3-6-17(21)7-4-14/h3-11H,12-13H2,1-2H3,(H,22,23). The summed E-state index contributed by atoms with van der Waals surface area (Å²) in [6.07, 6.45) is 4.42. The van der Waals surface area contributed by atoms with E-state index in [1.54, 1.807) is 0 Å². The molecule has 0 bridgehead atoms. The van der Waals surface area contributed by atoms with E-state index in [-0.39, 0.29) is 11.5 Å². The Kier molecular flexibility index (Phi) is 4.63. The van der Waals surface area contributed by atoms with Crippen molar-refractivity contribution >= 4 is 23.6 Å². The molecule has 1 heterocycles. The van der Waals surface area contributed by atoms with Gasteiger partial charge in [-0.3, -0.25) is 4.79 Å². The third-order valence-electron chi connectivity index (χ3n) is 3.88. The minimum atomic E-state index is -0.287. The summed E-state index contributed by atoms with van der Waals surface area (Å²) < 4.78 is 5.90. The van der Waals surface area contributed by atoms with Crippen molar-refractivity contribution in [2.75, 3.05) is 0 Å². The molecule has 0 radical (unpaired) electrons. The van der Waals surface area contributed by atoms with Crippen molar-refractivity contribution in [2.45, 2.75) is 32.4 Å². The van der Waals surface area contributed by atoms with Gasteiger partial charge in [0.05, 0.1) is 6.42 Å². The summed E-state index contributed by atoms with van der Waals surface area (Å²) in [5.41, 5.74) is 2.72. The Morgan fingerprint density at radius 1 is 1.12 bits per heavy atom. The number of amides is 1. The van der Waals surface area contributed by atoms with Crippen LogP contribution in [0.4, 0.5) is 0 Å². The Bertz CT molecular complexity index is 779. The van der Waals surface area contributed by atoms with Crippen LogP contribution in [0.25, 0.3) is 6.08 Å². The van der Waals surface area contributed by atoms with Crippen molar-refractivity contribution in [3.8, 4) is 5.75 Å². The molecule has 1 aliphatic heterocycles. The number of hydrogen-bond donors (Lipinski definition) is 1. The molecule has 0 fully saturated rings. The number of fused-ring (bicyclic) bond motifs is 1. The molecule has 0 aromatic heterocycles. The van der Waals surface area contributed by atoms with E-state index in [4.69, 9.17) is 16.3 Å². The van der Waals surface area contributed by atoms with Gasteiger partial charge in [-0.15, -0.1) is 0 Å². The van der Waals surface area contributed by atoms with Gasteiger partial charge in [-0.25, -0.2) is 0 Å². The lowest BCUT2D eigenvalue weighted by molar-refractivity contribution is -0.120. The average molecular weight is 342 g/mol. The summed E-state index contributed by atoms with van der Waals surface area (Å²) in [6.45, 7) is 4.53. The fourth-order valence-electron chi connectivity index (χ4n) is 2.59. The maximum Gasteiger partial charge on any atom is 0.224 e. The van der Waals surface area contributed by atoms with Crippen LogP contribution in [0.2, 0.25) is 5.02 Å². The van der Waals surface area contributed by atoms with Crippen LogP contribution >= 0.6 is 11.6 Å². The number of rotatable bonds is 4. The van der Waals surface area contributed by atoms with Crippen molar-refractivity contribution in [2.24, 2.45) is 0 Å². The number of hydrogen-bond acceptors (Lipinski definition) is 2. The van der Waals surface area contributed by atoms with Gasteiger partial charge in [0.1, 0.15) is 11.4 Å². The van der Waals surface area contributed by atoms with Crippen molar-refractivity contribution in [1.82, 2.24) is 5.32 Å². The number of carbonyl (C=O) groups excluding carboxylic acids is 1. The van der Waals surface area contributed by atoms with E-state index in [9.17, 15) is 4.79 Å². The zero-order valence-electron chi connectivity index (χ0n) is 13.8. The van der Waals surface area contributed by atoms with Crippen LogP contribution in [0.5, 0.6) is 5.75 Å². The first-order chi connectivity index (χ1) is 11.4. The molecule has 0 saturated carbocycles. The summed E-state index contributed by atoms with van der Waals surface area (Å²) in [5.74, 6) is 0.846. The van der Waals surface area contributed by atoms with Crippen LogP contribution in [0.1, 0.15) is 30.5 Å². The topological polar surface area (TPSA) is 38.3 Å². The second kappa shape index (κ2) is 6.70. The molecule has 4 heteroatoms. The Balaban J connectivity index is 1.60. The predicted molar refractivity (Wildman–Crippen MR) is 97.2 cm³/mol. The average Bonchev–Trinajstić information content (AvgIpc) is 2.54. The molecule has 1 amide bonds. The highest BCUT2D eigenvalue weighted by Crippen LogP contribution is 2.31. The van der Waals surface area contributed by atoms with Crippen LogP contribution in [-0.4, -0.2) is 11.5 Å². The van der Waals surface area contributed by atoms with E-state index >= 15 is 0 Å². The van der Waals surface area contributed by atoms with E-state index in [0.29, 0.717) is 18.0 Å². The summed E-state index contributed by atoms with van der Waals surface area (Å²) >= 11 is 5.85. The molecular formula is C20H20ClNO2. The van der Waals surface area contributed by atoms with Crippen LogP contribution in [0, 0.1) is 0 Å². The predicted octanol–water partition coefficient (Wildman–Crippen LogP) is 4.38. The highest BCUT2D eigenvalue weighted by molar-refractivity contribution is 6.30. The molecule has 3 rings (SSSR count). The van der Waals surface area contributed by atoms with Crippen LogP contribution in [0.15, 0.2) is 48.5 Å². The monoisotopic (exact) mass is 341 g/mol. The lowest BCUT2D eigenvalue weighted by Gasteiger charge is -2.28. The van der Waals surface area contributed by atoms with Gasteiger partial charge >= 0.3 is 0 Å². The van der Waals surface area contributed by atoms with Crippen molar-refractivity contribution < 1.29 is 9.53 Å². The molecule has 2 aromatic rings. The number of halogens is 1. The maximum atomic E-state index is 12.1. The van der Waals surface area contributed by atoms with Gasteiger partial charge in [0, 0.05) is 17.1 Å². The smallest absolute Gasteiger partial charge is 0.224 e. The Labute approximate surface area is 147 Å². The Morgan fingerprint density at radius 2 is 1.83 bits per heavy atom. The highest BCUT2D eigenvalue weighted by atomic mass is 35.5. The fourth-order valence-corrected chi connectivity index (χ4v) is 2.72. The number of ether oxygens (including phenoxy) is 1. The quantitative estimate of drug-likeness (QED) is 0.896. The largest absolute Gasteiger partial charge is 0.483 e. The molecule has 1 N–H and O–H groups in total. The fraction of sp³-hybridized carbons (Fsp3) is 0.250. The molecule has 0 spiro atoms. The molecule has 0 unspecified atom stereocenters. The zero-order chi connectivity index (χ0) is 17.2. The summed E-state index contributed by atoms with van der Waals surface area (Å²) in [6, 6.07) is 13.3. The van der Waals surface area contributed by atoms with Crippen LogP contribution in [-0.2, 0) is 17.8 Å². The molecule has 0 atom stereocenters. The van der Waals surface area contributed by atoms with Crippen molar-refractivity contribution in [3.05, 3.63) is 70.3 Å². The molecule has 3 nitrogen and oxygen atoms in total. The van der Waals surface area contributed by atoms with Gasteiger partial charge in [-0.2, -0.15) is 0 Å². The lowest BCUT2D eigenvalue weighted by Crippen LogP contribution is -2.27. The van der Waals surface area contributed by atoms with Crippen molar-refractivity contribution in [3.63, 3.8) is 0 Å². The van der Waals surface area contributed by atoms with Gasteiger partial charge in [-0.1, -0.05) is 35.9 Å². The van der Waals surface area contributed by atoms with E-state index in [1.807, 2.05) is 68.5 Å². The lowest BCUT2D eigenvalue weighted by atomic mass is 10.00. The summed E-state index contributed by atoms with van der Waals surface area (Å²) in [4.78, 5) is 12.1. The first kappa shape index (κ1) is 16.6.